The Kier molecular flexibility index (Phi) is 5.69. The Labute approximate surface area is 137 Å². The molecule has 3 nitrogen and oxygen atoms in total. The second kappa shape index (κ2) is 7.51. The minimum atomic E-state index is -0.353. The molecule has 0 aromatic heterocycles. The van der Waals surface area contributed by atoms with Gasteiger partial charge in [0.2, 0.25) is 5.91 Å². The van der Waals surface area contributed by atoms with E-state index in [-0.39, 0.29) is 17.0 Å². The van der Waals surface area contributed by atoms with E-state index in [4.69, 9.17) is 16.3 Å². The summed E-state index contributed by atoms with van der Waals surface area (Å²) in [5.41, 5.74) is 0.520. The Morgan fingerprint density at radius 3 is 2.59 bits per heavy atom. The molecule has 2 aromatic carbocycles. The lowest BCUT2D eigenvalue weighted by atomic mass is 10.3. The van der Waals surface area contributed by atoms with Crippen molar-refractivity contribution in [1.82, 2.24) is 0 Å². The predicted octanol–water partition coefficient (Wildman–Crippen LogP) is 4.61. The molecule has 0 saturated heterocycles. The van der Waals surface area contributed by atoms with Crippen molar-refractivity contribution >= 4 is 35.0 Å². The first-order valence-corrected chi connectivity index (χ1v) is 7.82. The molecule has 0 fully saturated rings. The van der Waals surface area contributed by atoms with E-state index in [9.17, 15) is 9.18 Å². The molecule has 0 saturated carbocycles. The van der Waals surface area contributed by atoms with Gasteiger partial charge in [0.1, 0.15) is 11.6 Å². The van der Waals surface area contributed by atoms with Gasteiger partial charge in [0.25, 0.3) is 0 Å². The molecule has 2 rings (SSSR count). The number of methoxy groups -OCH3 is 1. The lowest BCUT2D eigenvalue weighted by Crippen LogP contribution is -2.22. The average Bonchev–Trinajstić information content (AvgIpc) is 2.49. The molecule has 0 spiro atoms. The van der Waals surface area contributed by atoms with E-state index >= 15 is 0 Å². The molecular weight excluding hydrogens is 325 g/mol. The fraction of sp³-hybridized carbons (Fsp3) is 0.188. The Morgan fingerprint density at radius 1 is 1.27 bits per heavy atom. The van der Waals surface area contributed by atoms with Gasteiger partial charge in [0.15, 0.2) is 0 Å². The summed E-state index contributed by atoms with van der Waals surface area (Å²) in [6.45, 7) is 1.78. The van der Waals surface area contributed by atoms with Gasteiger partial charge in [-0.05, 0) is 49.4 Å². The predicted molar refractivity (Wildman–Crippen MR) is 88.4 cm³/mol. The first-order valence-electron chi connectivity index (χ1n) is 6.56. The summed E-state index contributed by atoms with van der Waals surface area (Å²) in [7, 11) is 1.52. The van der Waals surface area contributed by atoms with Gasteiger partial charge in [0, 0.05) is 9.92 Å². The number of rotatable bonds is 5. The van der Waals surface area contributed by atoms with Crippen LogP contribution in [0, 0.1) is 5.82 Å². The molecule has 0 heterocycles. The van der Waals surface area contributed by atoms with Crippen LogP contribution in [0.4, 0.5) is 10.1 Å². The summed E-state index contributed by atoms with van der Waals surface area (Å²) in [6.07, 6.45) is 0. The van der Waals surface area contributed by atoms with Crippen molar-refractivity contribution in [2.24, 2.45) is 0 Å². The SMILES string of the molecule is COc1ccc(Cl)cc1NC(=O)[C@@H](C)Sc1ccc(F)cc1. The minimum absolute atomic E-state index is 0.185. The smallest absolute Gasteiger partial charge is 0.237 e. The van der Waals surface area contributed by atoms with Crippen molar-refractivity contribution in [2.45, 2.75) is 17.1 Å². The summed E-state index contributed by atoms with van der Waals surface area (Å²) in [4.78, 5) is 13.1. The maximum atomic E-state index is 12.9. The molecule has 22 heavy (non-hydrogen) atoms. The fourth-order valence-electron chi connectivity index (χ4n) is 1.78. The number of halogens is 2. The van der Waals surface area contributed by atoms with E-state index in [1.54, 1.807) is 37.3 Å². The highest BCUT2D eigenvalue weighted by Crippen LogP contribution is 2.29. The second-order valence-corrected chi connectivity index (χ2v) is 6.40. The van der Waals surface area contributed by atoms with Crippen molar-refractivity contribution in [3.05, 3.63) is 53.3 Å². The van der Waals surface area contributed by atoms with Crippen LogP contribution in [0.1, 0.15) is 6.92 Å². The highest BCUT2D eigenvalue weighted by molar-refractivity contribution is 8.00. The Balaban J connectivity index is 2.05. The van der Waals surface area contributed by atoms with Gasteiger partial charge in [-0.25, -0.2) is 4.39 Å². The van der Waals surface area contributed by atoms with Crippen LogP contribution in [0.5, 0.6) is 5.75 Å². The van der Waals surface area contributed by atoms with Crippen LogP contribution in [0.3, 0.4) is 0 Å². The van der Waals surface area contributed by atoms with Gasteiger partial charge in [0.05, 0.1) is 18.0 Å². The van der Waals surface area contributed by atoms with Crippen molar-refractivity contribution in [1.29, 1.82) is 0 Å². The maximum Gasteiger partial charge on any atom is 0.237 e. The highest BCUT2D eigenvalue weighted by Gasteiger charge is 2.16. The monoisotopic (exact) mass is 339 g/mol. The van der Waals surface area contributed by atoms with Crippen molar-refractivity contribution in [3.8, 4) is 5.75 Å². The topological polar surface area (TPSA) is 38.3 Å². The maximum absolute atomic E-state index is 12.9. The van der Waals surface area contributed by atoms with Crippen molar-refractivity contribution < 1.29 is 13.9 Å². The van der Waals surface area contributed by atoms with Crippen molar-refractivity contribution in [2.75, 3.05) is 12.4 Å². The number of benzene rings is 2. The first kappa shape index (κ1) is 16.6. The number of thioether (sulfide) groups is 1. The Bertz CT molecular complexity index is 664. The number of carbonyl (C=O) groups is 1. The zero-order valence-electron chi connectivity index (χ0n) is 12.1. The van der Waals surface area contributed by atoms with E-state index in [1.165, 1.54) is 31.0 Å². The highest BCUT2D eigenvalue weighted by atomic mass is 35.5. The standard InChI is InChI=1S/C16H15ClFNO2S/c1-10(22-13-6-4-12(18)5-7-13)16(20)19-14-9-11(17)3-8-15(14)21-2/h3-10H,1-2H3,(H,19,20)/t10-/m1/s1. The van der Waals surface area contributed by atoms with Gasteiger partial charge >= 0.3 is 0 Å². The van der Waals surface area contributed by atoms with Crippen LogP contribution >= 0.6 is 23.4 Å². The molecule has 0 bridgehead atoms. The average molecular weight is 340 g/mol. The number of amides is 1. The quantitative estimate of drug-likeness (QED) is 0.808. The normalized spacial score (nSPS) is 11.8. The van der Waals surface area contributed by atoms with Crippen LogP contribution in [-0.2, 0) is 4.79 Å². The summed E-state index contributed by atoms with van der Waals surface area (Å²) >= 11 is 7.28. The van der Waals surface area contributed by atoms with E-state index in [2.05, 4.69) is 5.32 Å². The molecule has 0 aliphatic rings. The van der Waals surface area contributed by atoms with Crippen LogP contribution in [0.25, 0.3) is 0 Å². The zero-order valence-corrected chi connectivity index (χ0v) is 13.7. The Morgan fingerprint density at radius 2 is 1.95 bits per heavy atom. The molecule has 0 radical (unpaired) electrons. The number of nitrogens with one attached hydrogen (secondary N) is 1. The lowest BCUT2D eigenvalue weighted by molar-refractivity contribution is -0.115. The number of anilines is 1. The Hall–Kier alpha value is -1.72. The lowest BCUT2D eigenvalue weighted by Gasteiger charge is -2.14. The van der Waals surface area contributed by atoms with E-state index in [1.807, 2.05) is 0 Å². The number of ether oxygens (including phenoxy) is 1. The number of carbonyl (C=O) groups excluding carboxylic acids is 1. The van der Waals surface area contributed by atoms with Gasteiger partial charge in [-0.3, -0.25) is 4.79 Å². The molecule has 0 aliphatic heterocycles. The summed E-state index contributed by atoms with van der Waals surface area (Å²) in [6, 6.07) is 11.0. The number of hydrogen-bond donors (Lipinski definition) is 1. The third-order valence-electron chi connectivity index (χ3n) is 2.92. The molecular formula is C16H15ClFNO2S. The molecule has 0 unspecified atom stereocenters. The van der Waals surface area contributed by atoms with Crippen molar-refractivity contribution in [3.63, 3.8) is 0 Å². The van der Waals surface area contributed by atoms with Crippen LogP contribution in [0.15, 0.2) is 47.4 Å². The third-order valence-corrected chi connectivity index (χ3v) is 4.26. The minimum Gasteiger partial charge on any atom is -0.495 e. The molecule has 6 heteroatoms. The van der Waals surface area contributed by atoms with E-state index < -0.39 is 0 Å². The molecule has 1 atom stereocenters. The summed E-state index contributed by atoms with van der Waals surface area (Å²) in [5.74, 6) is 0.0525. The van der Waals surface area contributed by atoms with E-state index in [0.717, 1.165) is 4.90 Å². The largest absolute Gasteiger partial charge is 0.495 e. The molecule has 116 valence electrons. The summed E-state index contributed by atoms with van der Waals surface area (Å²) in [5, 5.41) is 2.95. The third kappa shape index (κ3) is 4.39. The number of hydrogen-bond acceptors (Lipinski definition) is 3. The fourth-order valence-corrected chi connectivity index (χ4v) is 2.82. The zero-order chi connectivity index (χ0) is 16.1. The van der Waals surface area contributed by atoms with E-state index in [0.29, 0.717) is 16.5 Å². The van der Waals surface area contributed by atoms with Gasteiger partial charge in [-0.2, -0.15) is 0 Å². The van der Waals surface area contributed by atoms with Gasteiger partial charge in [-0.15, -0.1) is 11.8 Å². The molecule has 1 amide bonds. The molecule has 2 aromatic rings. The molecule has 1 N–H and O–H groups in total. The second-order valence-electron chi connectivity index (χ2n) is 4.55. The van der Waals surface area contributed by atoms with Gasteiger partial charge < -0.3 is 10.1 Å². The summed E-state index contributed by atoms with van der Waals surface area (Å²) < 4.78 is 18.1. The van der Waals surface area contributed by atoms with Crippen LogP contribution in [0.2, 0.25) is 5.02 Å². The molecule has 0 aliphatic carbocycles. The van der Waals surface area contributed by atoms with Crippen LogP contribution in [-0.4, -0.2) is 18.3 Å². The van der Waals surface area contributed by atoms with Crippen LogP contribution < -0.4 is 10.1 Å². The van der Waals surface area contributed by atoms with Gasteiger partial charge in [-0.1, -0.05) is 11.6 Å². The first-order chi connectivity index (χ1) is 10.5.